The maximum atomic E-state index is 14.7. The molecule has 3 rings (SSSR count). The zero-order valence-corrected chi connectivity index (χ0v) is 17.4. The van der Waals surface area contributed by atoms with Crippen LogP contribution in [-0.4, -0.2) is 59.8 Å². The number of allylic oxidation sites excluding steroid dienone is 2. The summed E-state index contributed by atoms with van der Waals surface area (Å²) in [4.78, 5) is 17.5. The Morgan fingerprint density at radius 1 is 1.40 bits per heavy atom. The predicted octanol–water partition coefficient (Wildman–Crippen LogP) is 2.37. The summed E-state index contributed by atoms with van der Waals surface area (Å²) >= 11 is 2.97. The number of aromatic nitrogens is 1. The molecular formula is C18H20BrF3N4O4. The van der Waals surface area contributed by atoms with Crippen LogP contribution in [-0.2, 0) is 9.47 Å². The monoisotopic (exact) mass is 492 g/mol. The number of carbonyl (C=O) groups is 1. The van der Waals surface area contributed by atoms with Crippen molar-refractivity contribution in [2.75, 3.05) is 20.3 Å². The molecular weight excluding hydrogens is 473 g/mol. The van der Waals surface area contributed by atoms with Crippen LogP contribution in [0.5, 0.6) is 0 Å². The number of alkyl halides is 2. The van der Waals surface area contributed by atoms with E-state index in [4.69, 9.17) is 26.0 Å². The molecule has 1 aromatic rings. The van der Waals surface area contributed by atoms with E-state index in [1.807, 2.05) is 0 Å². The lowest BCUT2D eigenvalue weighted by atomic mass is 9.74. The number of aromatic carboxylic acids is 1. The second-order valence-corrected chi connectivity index (χ2v) is 7.28. The molecule has 2 unspecified atom stereocenters. The third-order valence-corrected chi connectivity index (χ3v) is 5.11. The maximum Gasteiger partial charge on any atom is 0.354 e. The van der Waals surface area contributed by atoms with Gasteiger partial charge >= 0.3 is 5.97 Å². The largest absolute Gasteiger partial charge is 0.477 e. The molecule has 0 radical (unpaired) electrons. The van der Waals surface area contributed by atoms with Gasteiger partial charge in [-0.05, 0) is 34.1 Å². The van der Waals surface area contributed by atoms with Gasteiger partial charge in [0, 0.05) is 25.4 Å². The molecule has 0 saturated heterocycles. The lowest BCUT2D eigenvalue weighted by Gasteiger charge is -2.48. The number of methoxy groups -OCH3 is 1. The van der Waals surface area contributed by atoms with Gasteiger partial charge in [-0.15, -0.1) is 0 Å². The van der Waals surface area contributed by atoms with E-state index in [0.29, 0.717) is 0 Å². The van der Waals surface area contributed by atoms with Gasteiger partial charge < -0.3 is 26.0 Å². The summed E-state index contributed by atoms with van der Waals surface area (Å²) in [5.74, 6) is -2.05. The number of pyridine rings is 1. The second kappa shape index (κ2) is 9.58. The zero-order chi connectivity index (χ0) is 22.5. The molecule has 2 aliphatic rings. The van der Waals surface area contributed by atoms with Crippen molar-refractivity contribution in [3.63, 3.8) is 0 Å². The summed E-state index contributed by atoms with van der Waals surface area (Å²) in [7, 11) is 1.13. The first-order valence-corrected chi connectivity index (χ1v) is 9.30. The maximum absolute atomic E-state index is 14.7. The van der Waals surface area contributed by atoms with Gasteiger partial charge in [-0.1, -0.05) is 6.07 Å². The number of hydrogen-bond acceptors (Lipinski definition) is 7. The van der Waals surface area contributed by atoms with Gasteiger partial charge in [-0.3, -0.25) is 4.99 Å². The second-order valence-electron chi connectivity index (χ2n) is 6.43. The molecule has 0 saturated carbocycles. The van der Waals surface area contributed by atoms with Crippen molar-refractivity contribution in [1.29, 1.82) is 0 Å². The smallest absolute Gasteiger partial charge is 0.354 e. The number of aliphatic imine (C=N–C) groups is 1. The third kappa shape index (κ3) is 4.50. The first kappa shape index (κ1) is 23.8. The average Bonchev–Trinajstić information content (AvgIpc) is 2.71. The van der Waals surface area contributed by atoms with Crippen LogP contribution in [0.3, 0.4) is 0 Å². The minimum absolute atomic E-state index is 0.0625. The highest BCUT2D eigenvalue weighted by Crippen LogP contribution is 2.49. The lowest BCUT2D eigenvalue weighted by Crippen LogP contribution is -2.65. The van der Waals surface area contributed by atoms with Gasteiger partial charge in [-0.2, -0.15) is 0 Å². The molecule has 164 valence electrons. The molecule has 1 aromatic heterocycles. The Balaban J connectivity index is 0.000000297. The average molecular weight is 493 g/mol. The highest BCUT2D eigenvalue weighted by molar-refractivity contribution is 9.11. The number of carboxylic acid groups (broad SMARTS) is 1. The third-order valence-electron chi connectivity index (χ3n) is 4.54. The molecule has 30 heavy (non-hydrogen) atoms. The number of halogens is 4. The number of nitrogens with zero attached hydrogens (tertiary/aromatic N) is 2. The first-order chi connectivity index (χ1) is 14.1. The minimum Gasteiger partial charge on any atom is -0.477 e. The number of ether oxygens (including phenoxy) is 2. The SMILES string of the molecule is COC1(C2(C(F)F)COCC(N)=N2)CC(N)=CC(Br)=C1F.O=C(O)c1ccccn1. The topological polar surface area (TPSA) is 133 Å². The van der Waals surface area contributed by atoms with Crippen LogP contribution < -0.4 is 11.5 Å². The molecule has 1 aliphatic heterocycles. The van der Waals surface area contributed by atoms with Crippen LogP contribution in [0.1, 0.15) is 16.9 Å². The number of nitrogens with two attached hydrogens (primary N) is 2. The summed E-state index contributed by atoms with van der Waals surface area (Å²) in [5.41, 5.74) is 7.13. The van der Waals surface area contributed by atoms with E-state index in [2.05, 4.69) is 25.9 Å². The molecule has 1 aliphatic carbocycles. The van der Waals surface area contributed by atoms with E-state index in [-0.39, 0.29) is 34.7 Å². The van der Waals surface area contributed by atoms with Crippen molar-refractivity contribution in [2.45, 2.75) is 24.0 Å². The van der Waals surface area contributed by atoms with Crippen molar-refractivity contribution in [2.24, 2.45) is 16.5 Å². The summed E-state index contributed by atoms with van der Waals surface area (Å²) < 4.78 is 52.5. The van der Waals surface area contributed by atoms with Crippen molar-refractivity contribution in [1.82, 2.24) is 4.98 Å². The van der Waals surface area contributed by atoms with E-state index < -0.39 is 36.0 Å². The van der Waals surface area contributed by atoms with Crippen molar-refractivity contribution in [3.8, 4) is 0 Å². The molecule has 0 spiro atoms. The number of carboxylic acids is 1. The van der Waals surface area contributed by atoms with Crippen LogP contribution in [0.4, 0.5) is 13.2 Å². The Morgan fingerprint density at radius 3 is 2.57 bits per heavy atom. The van der Waals surface area contributed by atoms with Crippen molar-refractivity contribution < 1.29 is 32.5 Å². The quantitative estimate of drug-likeness (QED) is 0.587. The highest BCUT2D eigenvalue weighted by atomic mass is 79.9. The summed E-state index contributed by atoms with van der Waals surface area (Å²) in [6, 6.07) is 4.76. The van der Waals surface area contributed by atoms with E-state index in [1.54, 1.807) is 12.1 Å². The van der Waals surface area contributed by atoms with E-state index >= 15 is 0 Å². The van der Waals surface area contributed by atoms with Crippen LogP contribution in [0.25, 0.3) is 0 Å². The van der Waals surface area contributed by atoms with Crippen molar-refractivity contribution >= 4 is 27.7 Å². The van der Waals surface area contributed by atoms with Crippen LogP contribution in [0, 0.1) is 0 Å². The Labute approximate surface area is 178 Å². The first-order valence-electron chi connectivity index (χ1n) is 8.51. The molecule has 12 heteroatoms. The van der Waals surface area contributed by atoms with E-state index in [9.17, 15) is 18.0 Å². The minimum atomic E-state index is -3.06. The molecule has 0 amide bonds. The Kier molecular flexibility index (Phi) is 7.61. The standard InChI is InChI=1S/C12H15BrF3N3O2.C6H5NO2/c1-20-12(3-6(17)2-7(13)9(12)14)11(10(15)16)5-21-4-8(18)19-11;8-6(9)5-3-1-2-4-7-5/h2,10H,3-5,17H2,1H3,(H2,18,19);1-4H,(H,8,9). The van der Waals surface area contributed by atoms with Gasteiger partial charge in [0.25, 0.3) is 6.43 Å². The number of hydrogen-bond donors (Lipinski definition) is 3. The predicted molar refractivity (Wildman–Crippen MR) is 106 cm³/mol. The molecule has 2 atom stereocenters. The lowest BCUT2D eigenvalue weighted by molar-refractivity contribution is -0.141. The molecule has 0 fully saturated rings. The molecule has 0 bridgehead atoms. The molecule has 2 heterocycles. The fourth-order valence-corrected chi connectivity index (χ4v) is 3.75. The van der Waals surface area contributed by atoms with Gasteiger partial charge in [0.2, 0.25) is 0 Å². The van der Waals surface area contributed by atoms with Gasteiger partial charge in [0.05, 0.1) is 11.1 Å². The van der Waals surface area contributed by atoms with Crippen LogP contribution in [0.2, 0.25) is 0 Å². The molecule has 5 N–H and O–H groups in total. The fourth-order valence-electron chi connectivity index (χ4n) is 3.13. The number of amidine groups is 1. The Hall–Kier alpha value is -2.44. The molecule has 8 nitrogen and oxygen atoms in total. The number of rotatable bonds is 4. The van der Waals surface area contributed by atoms with Crippen LogP contribution >= 0.6 is 15.9 Å². The van der Waals surface area contributed by atoms with Gasteiger partial charge in [0.15, 0.2) is 11.1 Å². The van der Waals surface area contributed by atoms with Gasteiger partial charge in [-0.25, -0.2) is 22.9 Å². The van der Waals surface area contributed by atoms with E-state index in [1.165, 1.54) is 18.3 Å². The molecule has 0 aromatic carbocycles. The summed E-state index contributed by atoms with van der Waals surface area (Å²) in [6.45, 7) is -0.619. The summed E-state index contributed by atoms with van der Waals surface area (Å²) in [5, 5.41) is 8.32. The van der Waals surface area contributed by atoms with E-state index in [0.717, 1.165) is 7.11 Å². The summed E-state index contributed by atoms with van der Waals surface area (Å²) in [6.07, 6.45) is -0.589. The van der Waals surface area contributed by atoms with Crippen LogP contribution in [0.15, 0.2) is 51.5 Å². The highest BCUT2D eigenvalue weighted by Gasteiger charge is 2.64. The Morgan fingerprint density at radius 2 is 2.10 bits per heavy atom. The Bertz CT molecular complexity index is 881. The fraction of sp³-hybridized carbons (Fsp3) is 0.389. The normalized spacial score (nSPS) is 26.5. The van der Waals surface area contributed by atoms with Crippen molar-refractivity contribution in [3.05, 3.63) is 52.2 Å². The van der Waals surface area contributed by atoms with Gasteiger partial charge in [0.1, 0.15) is 24.0 Å². The zero-order valence-electron chi connectivity index (χ0n) is 15.8.